The quantitative estimate of drug-likeness (QED) is 0.667. The summed E-state index contributed by atoms with van der Waals surface area (Å²) in [7, 11) is 0. The summed E-state index contributed by atoms with van der Waals surface area (Å²) in [5.74, 6) is 0.521. The molecule has 1 aromatic carbocycles. The van der Waals surface area contributed by atoms with Crippen molar-refractivity contribution in [2.45, 2.75) is 26.7 Å². The molecule has 0 aliphatic carbocycles. The molecule has 19 heavy (non-hydrogen) atoms. The molecule has 0 saturated heterocycles. The summed E-state index contributed by atoms with van der Waals surface area (Å²) in [5, 5.41) is 2.23. The second kappa shape index (κ2) is 4.74. The monoisotopic (exact) mass is 268 g/mol. The zero-order chi connectivity index (χ0) is 13.4. The highest BCUT2D eigenvalue weighted by Crippen LogP contribution is 2.30. The SMILES string of the molecule is Cc1cc(-c2ncc(C(C)C)s2)nc2ccccc12. The van der Waals surface area contributed by atoms with Gasteiger partial charge < -0.3 is 0 Å². The standard InChI is InChI=1S/C16H16N2S/c1-10(2)15-9-17-16(19-15)14-8-11(3)12-6-4-5-7-13(12)18-14/h4-10H,1-3H3. The Hall–Kier alpha value is -1.74. The largest absolute Gasteiger partial charge is 0.245 e. The maximum atomic E-state index is 4.73. The van der Waals surface area contributed by atoms with Gasteiger partial charge in [-0.3, -0.25) is 0 Å². The molecule has 2 aromatic heterocycles. The van der Waals surface area contributed by atoms with E-state index < -0.39 is 0 Å². The van der Waals surface area contributed by atoms with Crippen LogP contribution in [0.3, 0.4) is 0 Å². The van der Waals surface area contributed by atoms with Crippen molar-refractivity contribution in [2.24, 2.45) is 0 Å². The first-order chi connectivity index (χ1) is 9.15. The Balaban J connectivity index is 2.14. The molecule has 0 unspecified atom stereocenters. The van der Waals surface area contributed by atoms with Crippen molar-refractivity contribution < 1.29 is 0 Å². The molecule has 0 atom stereocenters. The van der Waals surface area contributed by atoms with Crippen molar-refractivity contribution in [3.05, 3.63) is 47.0 Å². The molecule has 0 aliphatic rings. The maximum absolute atomic E-state index is 4.73. The number of thiazole rings is 1. The van der Waals surface area contributed by atoms with Gasteiger partial charge in [-0.05, 0) is 30.5 Å². The first-order valence-corrected chi connectivity index (χ1v) is 7.29. The molecule has 0 amide bonds. The molecule has 0 spiro atoms. The van der Waals surface area contributed by atoms with Crippen LogP contribution in [0.15, 0.2) is 36.5 Å². The van der Waals surface area contributed by atoms with Crippen LogP contribution in [0.1, 0.15) is 30.2 Å². The van der Waals surface area contributed by atoms with Crippen LogP contribution in [0.5, 0.6) is 0 Å². The lowest BCUT2D eigenvalue weighted by Gasteiger charge is -2.04. The Kier molecular flexibility index (Phi) is 3.07. The van der Waals surface area contributed by atoms with Gasteiger partial charge in [-0.2, -0.15) is 0 Å². The van der Waals surface area contributed by atoms with E-state index in [1.54, 1.807) is 11.3 Å². The van der Waals surface area contributed by atoms with Gasteiger partial charge in [0.2, 0.25) is 0 Å². The highest BCUT2D eigenvalue weighted by molar-refractivity contribution is 7.15. The van der Waals surface area contributed by atoms with Gasteiger partial charge in [0, 0.05) is 16.5 Å². The van der Waals surface area contributed by atoms with Crippen molar-refractivity contribution in [3.8, 4) is 10.7 Å². The average Bonchev–Trinajstić information content (AvgIpc) is 2.88. The molecule has 0 bridgehead atoms. The van der Waals surface area contributed by atoms with Crippen LogP contribution in [0.2, 0.25) is 0 Å². The van der Waals surface area contributed by atoms with E-state index in [-0.39, 0.29) is 0 Å². The Bertz CT molecular complexity index is 728. The smallest absolute Gasteiger partial charge is 0.142 e. The van der Waals surface area contributed by atoms with Crippen LogP contribution in [0, 0.1) is 6.92 Å². The average molecular weight is 268 g/mol. The number of hydrogen-bond donors (Lipinski definition) is 0. The summed E-state index contributed by atoms with van der Waals surface area (Å²) in [6, 6.07) is 10.4. The molecule has 3 rings (SSSR count). The van der Waals surface area contributed by atoms with Crippen LogP contribution in [0.4, 0.5) is 0 Å². The van der Waals surface area contributed by atoms with E-state index in [4.69, 9.17) is 4.98 Å². The van der Waals surface area contributed by atoms with Gasteiger partial charge in [-0.1, -0.05) is 32.0 Å². The van der Waals surface area contributed by atoms with Crippen molar-refractivity contribution in [3.63, 3.8) is 0 Å². The topological polar surface area (TPSA) is 25.8 Å². The van der Waals surface area contributed by atoms with Gasteiger partial charge in [0.05, 0.1) is 11.2 Å². The Labute approximate surface area is 117 Å². The summed E-state index contributed by atoms with van der Waals surface area (Å²) >= 11 is 1.74. The van der Waals surface area contributed by atoms with E-state index in [1.807, 2.05) is 12.3 Å². The fraction of sp³-hybridized carbons (Fsp3) is 0.250. The summed E-state index contributed by atoms with van der Waals surface area (Å²) in [6.45, 7) is 6.51. The van der Waals surface area contributed by atoms with Gasteiger partial charge in [0.1, 0.15) is 5.01 Å². The lowest BCUT2D eigenvalue weighted by Crippen LogP contribution is -1.87. The molecule has 0 radical (unpaired) electrons. The van der Waals surface area contributed by atoms with Crippen LogP contribution < -0.4 is 0 Å². The Morgan fingerprint density at radius 1 is 1.16 bits per heavy atom. The third-order valence-electron chi connectivity index (χ3n) is 3.23. The van der Waals surface area contributed by atoms with Crippen molar-refractivity contribution in [1.82, 2.24) is 9.97 Å². The van der Waals surface area contributed by atoms with Crippen molar-refractivity contribution in [1.29, 1.82) is 0 Å². The predicted molar refractivity (Wildman–Crippen MR) is 81.7 cm³/mol. The van der Waals surface area contributed by atoms with E-state index in [9.17, 15) is 0 Å². The van der Waals surface area contributed by atoms with E-state index in [0.717, 1.165) is 16.2 Å². The number of aromatic nitrogens is 2. The minimum Gasteiger partial charge on any atom is -0.245 e. The zero-order valence-corrected chi connectivity index (χ0v) is 12.2. The third kappa shape index (κ3) is 2.26. The normalized spacial score (nSPS) is 11.4. The highest BCUT2D eigenvalue weighted by atomic mass is 32.1. The molecule has 0 N–H and O–H groups in total. The molecular weight excluding hydrogens is 252 g/mol. The molecule has 2 heterocycles. The van der Waals surface area contributed by atoms with E-state index >= 15 is 0 Å². The second-order valence-corrected chi connectivity index (χ2v) is 6.13. The highest BCUT2D eigenvalue weighted by Gasteiger charge is 2.10. The summed E-state index contributed by atoms with van der Waals surface area (Å²) in [5.41, 5.74) is 3.27. The first-order valence-electron chi connectivity index (χ1n) is 6.47. The van der Waals surface area contributed by atoms with E-state index in [0.29, 0.717) is 5.92 Å². The van der Waals surface area contributed by atoms with Gasteiger partial charge in [-0.15, -0.1) is 11.3 Å². The number of aryl methyl sites for hydroxylation is 1. The number of pyridine rings is 1. The number of nitrogens with zero attached hydrogens (tertiary/aromatic N) is 2. The fourth-order valence-electron chi connectivity index (χ4n) is 2.13. The maximum Gasteiger partial charge on any atom is 0.142 e. The van der Waals surface area contributed by atoms with Gasteiger partial charge in [0.25, 0.3) is 0 Å². The third-order valence-corrected chi connectivity index (χ3v) is 4.56. The predicted octanol–water partition coefficient (Wildman–Crippen LogP) is 4.79. The van der Waals surface area contributed by atoms with Crippen molar-refractivity contribution in [2.75, 3.05) is 0 Å². The fourth-order valence-corrected chi connectivity index (χ4v) is 3.01. The second-order valence-electron chi connectivity index (χ2n) is 5.06. The summed E-state index contributed by atoms with van der Waals surface area (Å²) < 4.78 is 0. The summed E-state index contributed by atoms with van der Waals surface area (Å²) in [4.78, 5) is 10.5. The number of rotatable bonds is 2. The number of para-hydroxylation sites is 1. The van der Waals surface area contributed by atoms with Gasteiger partial charge >= 0.3 is 0 Å². The van der Waals surface area contributed by atoms with Gasteiger partial charge in [0.15, 0.2) is 0 Å². The molecule has 96 valence electrons. The minimum absolute atomic E-state index is 0.521. The minimum atomic E-state index is 0.521. The number of hydrogen-bond acceptors (Lipinski definition) is 3. The summed E-state index contributed by atoms with van der Waals surface area (Å²) in [6.07, 6.45) is 1.97. The molecule has 2 nitrogen and oxygen atoms in total. The van der Waals surface area contributed by atoms with E-state index in [2.05, 4.69) is 50.0 Å². The van der Waals surface area contributed by atoms with Crippen molar-refractivity contribution >= 4 is 22.2 Å². The van der Waals surface area contributed by atoms with Crippen LogP contribution in [-0.4, -0.2) is 9.97 Å². The molecule has 3 heteroatoms. The van der Waals surface area contributed by atoms with Gasteiger partial charge in [-0.25, -0.2) is 9.97 Å². The molecule has 0 saturated carbocycles. The van der Waals surface area contributed by atoms with Crippen LogP contribution in [-0.2, 0) is 0 Å². The Morgan fingerprint density at radius 2 is 1.95 bits per heavy atom. The molecule has 0 aliphatic heterocycles. The first kappa shape index (κ1) is 12.3. The molecule has 0 fully saturated rings. The lowest BCUT2D eigenvalue weighted by molar-refractivity contribution is 0.885. The van der Waals surface area contributed by atoms with E-state index in [1.165, 1.54) is 15.8 Å². The van der Waals surface area contributed by atoms with Crippen LogP contribution in [0.25, 0.3) is 21.6 Å². The molecule has 3 aromatic rings. The van der Waals surface area contributed by atoms with Crippen LogP contribution >= 0.6 is 11.3 Å². The number of fused-ring (bicyclic) bond motifs is 1. The number of benzene rings is 1. The zero-order valence-electron chi connectivity index (χ0n) is 11.3. The lowest BCUT2D eigenvalue weighted by atomic mass is 10.1. The molecular formula is C16H16N2S. The Morgan fingerprint density at radius 3 is 2.68 bits per heavy atom.